The molecule has 0 fully saturated rings. The van der Waals surface area contributed by atoms with Gasteiger partial charge in [-0.05, 0) is 30.7 Å². The molecular formula is C21H12BrN3O5S. The predicted molar refractivity (Wildman–Crippen MR) is 119 cm³/mol. The Morgan fingerprint density at radius 3 is 2.74 bits per heavy atom. The number of nitro groups is 1. The summed E-state index contributed by atoms with van der Waals surface area (Å²) in [6.07, 6.45) is 0. The van der Waals surface area contributed by atoms with E-state index in [0.29, 0.717) is 20.6 Å². The van der Waals surface area contributed by atoms with Gasteiger partial charge in [0.15, 0.2) is 10.6 Å². The summed E-state index contributed by atoms with van der Waals surface area (Å²) in [5.74, 6) is -0.591. The number of aryl methyl sites for hydroxylation is 1. The van der Waals surface area contributed by atoms with Crippen LogP contribution in [-0.2, 0) is 0 Å². The monoisotopic (exact) mass is 497 g/mol. The number of carbonyl (C=O) groups excluding carboxylic acids is 1. The van der Waals surface area contributed by atoms with Crippen molar-refractivity contribution < 1.29 is 14.1 Å². The highest BCUT2D eigenvalue weighted by atomic mass is 79.9. The molecule has 154 valence electrons. The number of nitro benzene ring substituents is 1. The van der Waals surface area contributed by atoms with Crippen LogP contribution in [0.3, 0.4) is 0 Å². The first-order chi connectivity index (χ1) is 14.8. The zero-order chi connectivity index (χ0) is 21.9. The number of benzene rings is 2. The Hall–Kier alpha value is -3.37. The minimum atomic E-state index is -0.896. The Labute approximate surface area is 187 Å². The summed E-state index contributed by atoms with van der Waals surface area (Å²) < 4.78 is 6.56. The molecule has 1 amide bonds. The Kier molecular flexibility index (Phi) is 4.49. The molecule has 0 aliphatic carbocycles. The molecule has 0 N–H and O–H groups in total. The largest absolute Gasteiger partial charge is 0.450 e. The maximum Gasteiger partial charge on any atom is 0.297 e. The number of amides is 1. The van der Waals surface area contributed by atoms with Crippen LogP contribution >= 0.6 is 27.3 Å². The van der Waals surface area contributed by atoms with E-state index in [9.17, 15) is 19.7 Å². The molecule has 1 atom stereocenters. The molecule has 0 saturated carbocycles. The molecule has 2 aromatic heterocycles. The van der Waals surface area contributed by atoms with Crippen molar-refractivity contribution in [3.8, 4) is 0 Å². The van der Waals surface area contributed by atoms with Crippen LogP contribution < -0.4 is 10.3 Å². The van der Waals surface area contributed by atoms with Crippen LogP contribution in [0.15, 0.2) is 61.5 Å². The number of nitrogens with zero attached hydrogens (tertiary/aromatic N) is 3. The van der Waals surface area contributed by atoms with Crippen molar-refractivity contribution in [3.63, 3.8) is 0 Å². The third kappa shape index (κ3) is 3.06. The Morgan fingerprint density at radius 2 is 2.03 bits per heavy atom. The van der Waals surface area contributed by atoms with Crippen LogP contribution in [0.25, 0.3) is 11.0 Å². The highest BCUT2D eigenvalue weighted by Crippen LogP contribution is 2.42. The Bertz CT molecular complexity index is 1460. The fourth-order valence-electron chi connectivity index (χ4n) is 3.72. The average molecular weight is 498 g/mol. The van der Waals surface area contributed by atoms with Gasteiger partial charge in [0.2, 0.25) is 5.76 Å². The van der Waals surface area contributed by atoms with Gasteiger partial charge in [0, 0.05) is 22.0 Å². The van der Waals surface area contributed by atoms with Gasteiger partial charge < -0.3 is 4.42 Å². The predicted octanol–water partition coefficient (Wildman–Crippen LogP) is 4.98. The van der Waals surface area contributed by atoms with E-state index < -0.39 is 16.9 Å². The molecule has 1 aliphatic rings. The molecule has 8 nitrogen and oxygen atoms in total. The molecule has 4 aromatic rings. The summed E-state index contributed by atoms with van der Waals surface area (Å²) in [5.41, 5.74) is 1.07. The van der Waals surface area contributed by atoms with Crippen molar-refractivity contribution in [2.75, 3.05) is 4.90 Å². The lowest BCUT2D eigenvalue weighted by Crippen LogP contribution is -2.29. The van der Waals surface area contributed by atoms with Crippen molar-refractivity contribution in [2.24, 2.45) is 0 Å². The van der Waals surface area contributed by atoms with Gasteiger partial charge >= 0.3 is 0 Å². The van der Waals surface area contributed by atoms with E-state index in [1.165, 1.54) is 34.4 Å². The maximum absolute atomic E-state index is 13.5. The molecule has 10 heteroatoms. The van der Waals surface area contributed by atoms with Crippen LogP contribution in [0.1, 0.15) is 33.4 Å². The highest BCUT2D eigenvalue weighted by Gasteiger charge is 2.45. The van der Waals surface area contributed by atoms with Crippen LogP contribution in [-0.4, -0.2) is 15.8 Å². The van der Waals surface area contributed by atoms with E-state index in [4.69, 9.17) is 4.42 Å². The van der Waals surface area contributed by atoms with Crippen molar-refractivity contribution in [1.82, 2.24) is 4.98 Å². The van der Waals surface area contributed by atoms with Gasteiger partial charge in [0.25, 0.3) is 11.6 Å². The van der Waals surface area contributed by atoms with Crippen LogP contribution in [0, 0.1) is 17.0 Å². The van der Waals surface area contributed by atoms with Gasteiger partial charge in [-0.1, -0.05) is 28.1 Å². The zero-order valence-electron chi connectivity index (χ0n) is 15.9. The fraction of sp³-hybridized carbons (Fsp3) is 0.0952. The van der Waals surface area contributed by atoms with E-state index in [-0.39, 0.29) is 28.0 Å². The number of fused-ring (bicyclic) bond motifs is 2. The number of non-ortho nitro benzene ring substituents is 1. The minimum Gasteiger partial charge on any atom is -0.450 e. The van der Waals surface area contributed by atoms with E-state index in [1.54, 1.807) is 36.6 Å². The molecule has 0 radical (unpaired) electrons. The normalized spacial score (nSPS) is 15.5. The van der Waals surface area contributed by atoms with E-state index in [2.05, 4.69) is 20.9 Å². The Balaban J connectivity index is 1.83. The van der Waals surface area contributed by atoms with Gasteiger partial charge in [-0.25, -0.2) is 4.98 Å². The van der Waals surface area contributed by atoms with E-state index in [1.807, 2.05) is 0 Å². The second-order valence-corrected chi connectivity index (χ2v) is 8.77. The highest BCUT2D eigenvalue weighted by molar-refractivity contribution is 9.10. The second-order valence-electron chi connectivity index (χ2n) is 7.02. The van der Waals surface area contributed by atoms with Crippen LogP contribution in [0.2, 0.25) is 0 Å². The first kappa shape index (κ1) is 19.6. The van der Waals surface area contributed by atoms with Crippen molar-refractivity contribution in [2.45, 2.75) is 13.0 Å². The van der Waals surface area contributed by atoms with Gasteiger partial charge in [0.05, 0.1) is 27.6 Å². The van der Waals surface area contributed by atoms with Crippen molar-refractivity contribution >= 4 is 55.0 Å². The molecule has 0 bridgehead atoms. The quantitative estimate of drug-likeness (QED) is 0.291. The summed E-state index contributed by atoms with van der Waals surface area (Å²) in [6.45, 7) is 1.80. The average Bonchev–Trinajstić information content (AvgIpc) is 3.30. The topological polar surface area (TPSA) is 107 Å². The van der Waals surface area contributed by atoms with Gasteiger partial charge in [0.1, 0.15) is 5.58 Å². The number of carbonyl (C=O) groups is 1. The molecular weight excluding hydrogens is 486 g/mol. The molecule has 2 aromatic carbocycles. The molecule has 3 heterocycles. The Morgan fingerprint density at radius 1 is 1.23 bits per heavy atom. The third-order valence-corrected chi connectivity index (χ3v) is 6.49. The minimum absolute atomic E-state index is 0.0795. The fourth-order valence-corrected chi connectivity index (χ4v) is 4.91. The summed E-state index contributed by atoms with van der Waals surface area (Å²) >= 11 is 4.61. The first-order valence-corrected chi connectivity index (χ1v) is 10.8. The second kappa shape index (κ2) is 7.10. The summed E-state index contributed by atoms with van der Waals surface area (Å²) in [7, 11) is 0. The summed E-state index contributed by atoms with van der Waals surface area (Å²) in [5, 5.41) is 13.8. The summed E-state index contributed by atoms with van der Waals surface area (Å²) in [4.78, 5) is 43.5. The number of hydrogen-bond acceptors (Lipinski definition) is 7. The number of hydrogen-bond donors (Lipinski definition) is 0. The number of aromatic nitrogens is 1. The van der Waals surface area contributed by atoms with Crippen LogP contribution in [0.4, 0.5) is 10.8 Å². The number of thiazole rings is 1. The van der Waals surface area contributed by atoms with Crippen molar-refractivity contribution in [3.05, 3.63) is 95.2 Å². The standard InChI is InChI=1S/C21H12BrN3O5S/c1-10-9-31-21(23-10)24-17(11-3-2-4-13(7-11)25(28)29)16-18(26)14-8-12(22)5-6-15(14)30-19(16)20(24)27/h2-9,17H,1H3/t17-/m0/s1. The SMILES string of the molecule is Cc1csc(N2C(=O)c3oc4ccc(Br)cc4c(=O)c3[C@@H]2c2cccc([N+](=O)[O-])c2)n1. The maximum atomic E-state index is 13.5. The lowest BCUT2D eigenvalue weighted by Gasteiger charge is -2.22. The molecule has 0 unspecified atom stereocenters. The zero-order valence-corrected chi connectivity index (χ0v) is 18.3. The number of rotatable bonds is 3. The van der Waals surface area contributed by atoms with E-state index in [0.717, 1.165) is 5.69 Å². The summed E-state index contributed by atoms with van der Waals surface area (Å²) in [6, 6.07) is 9.98. The van der Waals surface area contributed by atoms with Gasteiger partial charge in [-0.2, -0.15) is 0 Å². The molecule has 1 aliphatic heterocycles. The number of anilines is 1. The smallest absolute Gasteiger partial charge is 0.297 e. The molecule has 5 rings (SSSR count). The van der Waals surface area contributed by atoms with Gasteiger partial charge in [-0.15, -0.1) is 11.3 Å². The van der Waals surface area contributed by atoms with E-state index >= 15 is 0 Å². The van der Waals surface area contributed by atoms with Crippen LogP contribution in [0.5, 0.6) is 0 Å². The molecule has 0 saturated heterocycles. The molecule has 31 heavy (non-hydrogen) atoms. The lowest BCUT2D eigenvalue weighted by molar-refractivity contribution is -0.384. The lowest BCUT2D eigenvalue weighted by atomic mass is 9.98. The number of halogens is 1. The third-order valence-electron chi connectivity index (χ3n) is 5.04. The first-order valence-electron chi connectivity index (χ1n) is 9.11. The molecule has 0 spiro atoms. The van der Waals surface area contributed by atoms with Gasteiger partial charge in [-0.3, -0.25) is 24.6 Å². The van der Waals surface area contributed by atoms with Crippen molar-refractivity contribution in [1.29, 1.82) is 0 Å².